The van der Waals surface area contributed by atoms with Crippen LogP contribution in [0, 0.1) is 0 Å². The Morgan fingerprint density at radius 1 is 0.903 bits per heavy atom. The van der Waals surface area contributed by atoms with Crippen molar-refractivity contribution < 1.29 is 18.0 Å². The van der Waals surface area contributed by atoms with Crippen molar-refractivity contribution in [2.45, 2.75) is 11.1 Å². The molecule has 3 aromatic carbocycles. The van der Waals surface area contributed by atoms with Crippen molar-refractivity contribution in [3.8, 4) is 11.3 Å². The minimum absolute atomic E-state index is 0.240. The van der Waals surface area contributed by atoms with Crippen LogP contribution in [0.1, 0.15) is 15.9 Å². The van der Waals surface area contributed by atoms with Crippen LogP contribution in [0.4, 0.5) is 13.2 Å². The average molecular weight is 440 g/mol. The van der Waals surface area contributed by atoms with Gasteiger partial charge in [-0.3, -0.25) is 4.79 Å². The van der Waals surface area contributed by atoms with Crippen molar-refractivity contribution in [1.29, 1.82) is 0 Å². The minimum Gasteiger partial charge on any atom is -0.354 e. The molecule has 0 unspecified atom stereocenters. The lowest BCUT2D eigenvalue weighted by Gasteiger charge is -2.12. The van der Waals surface area contributed by atoms with Gasteiger partial charge >= 0.3 is 6.18 Å². The smallest absolute Gasteiger partial charge is 0.354 e. The summed E-state index contributed by atoms with van der Waals surface area (Å²) in [5.41, 5.74) is 1.75. The number of aromatic amines is 1. The number of hydrogen-bond donors (Lipinski definition) is 2. The number of thioether (sulfide) groups is 1. The maximum absolute atomic E-state index is 13.1. The monoisotopic (exact) mass is 440 g/mol. The van der Waals surface area contributed by atoms with E-state index in [1.54, 1.807) is 11.8 Å². The van der Waals surface area contributed by atoms with Crippen molar-refractivity contribution in [3.63, 3.8) is 0 Å². The van der Waals surface area contributed by atoms with Gasteiger partial charge in [0.05, 0.1) is 16.8 Å². The predicted molar refractivity (Wildman–Crippen MR) is 118 cm³/mol. The molecule has 0 atom stereocenters. The van der Waals surface area contributed by atoms with Crippen molar-refractivity contribution in [2.75, 3.05) is 12.3 Å². The molecule has 4 rings (SSSR count). The van der Waals surface area contributed by atoms with Crippen LogP contribution in [0.3, 0.4) is 0 Å². The van der Waals surface area contributed by atoms with Crippen molar-refractivity contribution in [2.24, 2.45) is 0 Å². The third-order valence-electron chi connectivity index (χ3n) is 4.83. The standard InChI is InChI=1S/C24H19F3N2OS/c25-24(26,27)19-12-6-4-10-17(19)23(30)28-14-15-31-22-18-11-5-7-13-20(18)29-21(22)16-8-2-1-3-9-16/h1-13,29H,14-15H2,(H,28,30). The number of rotatable bonds is 6. The summed E-state index contributed by atoms with van der Waals surface area (Å²) in [4.78, 5) is 16.8. The summed E-state index contributed by atoms with van der Waals surface area (Å²) in [5, 5.41) is 3.68. The zero-order chi connectivity index (χ0) is 21.8. The topological polar surface area (TPSA) is 44.9 Å². The first kappa shape index (κ1) is 21.1. The van der Waals surface area contributed by atoms with Crippen LogP contribution in [0.2, 0.25) is 0 Å². The van der Waals surface area contributed by atoms with E-state index in [2.05, 4.69) is 10.3 Å². The van der Waals surface area contributed by atoms with Crippen LogP contribution in [-0.4, -0.2) is 23.2 Å². The van der Waals surface area contributed by atoms with Gasteiger partial charge in [-0.05, 0) is 23.8 Å². The third-order valence-corrected chi connectivity index (χ3v) is 5.95. The molecule has 0 radical (unpaired) electrons. The number of halogens is 3. The highest BCUT2D eigenvalue weighted by Crippen LogP contribution is 2.37. The van der Waals surface area contributed by atoms with Crippen LogP contribution >= 0.6 is 11.8 Å². The zero-order valence-corrected chi connectivity index (χ0v) is 17.2. The Balaban J connectivity index is 1.48. The van der Waals surface area contributed by atoms with E-state index in [1.807, 2.05) is 54.6 Å². The molecule has 0 saturated carbocycles. The van der Waals surface area contributed by atoms with E-state index in [0.717, 1.165) is 33.1 Å². The largest absolute Gasteiger partial charge is 0.417 e. The van der Waals surface area contributed by atoms with Gasteiger partial charge in [-0.1, -0.05) is 60.7 Å². The Bertz CT molecular complexity index is 1200. The molecule has 4 aromatic rings. The molecular formula is C24H19F3N2OS. The number of para-hydroxylation sites is 1. The van der Waals surface area contributed by atoms with Gasteiger partial charge in [-0.25, -0.2) is 0 Å². The fraction of sp³-hybridized carbons (Fsp3) is 0.125. The minimum atomic E-state index is -4.57. The Morgan fingerprint density at radius 3 is 2.35 bits per heavy atom. The average Bonchev–Trinajstić information content (AvgIpc) is 3.15. The summed E-state index contributed by atoms with van der Waals surface area (Å²) in [6.07, 6.45) is -4.57. The number of benzene rings is 3. The van der Waals surface area contributed by atoms with E-state index >= 15 is 0 Å². The lowest BCUT2D eigenvalue weighted by molar-refractivity contribution is -0.137. The fourth-order valence-electron chi connectivity index (χ4n) is 3.42. The number of nitrogens with one attached hydrogen (secondary N) is 2. The van der Waals surface area contributed by atoms with Gasteiger partial charge in [0, 0.05) is 28.1 Å². The second-order valence-electron chi connectivity index (χ2n) is 6.89. The van der Waals surface area contributed by atoms with E-state index in [0.29, 0.717) is 5.75 Å². The number of alkyl halides is 3. The number of aromatic nitrogens is 1. The van der Waals surface area contributed by atoms with Gasteiger partial charge in [0.15, 0.2) is 0 Å². The molecule has 0 bridgehead atoms. The van der Waals surface area contributed by atoms with Gasteiger partial charge in [0.1, 0.15) is 0 Å². The van der Waals surface area contributed by atoms with Gasteiger partial charge in [0.2, 0.25) is 0 Å². The molecule has 1 aromatic heterocycles. The summed E-state index contributed by atoms with van der Waals surface area (Å²) >= 11 is 1.56. The van der Waals surface area contributed by atoms with E-state index in [9.17, 15) is 18.0 Å². The maximum Gasteiger partial charge on any atom is 0.417 e. The zero-order valence-electron chi connectivity index (χ0n) is 16.4. The van der Waals surface area contributed by atoms with E-state index in [1.165, 1.54) is 18.2 Å². The Hall–Kier alpha value is -3.19. The highest BCUT2D eigenvalue weighted by Gasteiger charge is 2.34. The van der Waals surface area contributed by atoms with Crippen LogP contribution < -0.4 is 5.32 Å². The first-order valence-electron chi connectivity index (χ1n) is 9.68. The summed E-state index contributed by atoms with van der Waals surface area (Å²) in [6, 6.07) is 22.7. The highest BCUT2D eigenvalue weighted by atomic mass is 32.2. The molecule has 1 heterocycles. The molecule has 7 heteroatoms. The SMILES string of the molecule is O=C(NCCSc1c(-c2ccccc2)[nH]c2ccccc12)c1ccccc1C(F)(F)F. The predicted octanol–water partition coefficient (Wildman–Crippen LogP) is 6.38. The van der Waals surface area contributed by atoms with Gasteiger partial charge in [-0.15, -0.1) is 11.8 Å². The molecule has 0 saturated heterocycles. The van der Waals surface area contributed by atoms with E-state index in [-0.39, 0.29) is 12.1 Å². The molecule has 0 aliphatic heterocycles. The summed E-state index contributed by atoms with van der Waals surface area (Å²) in [5.74, 6) is -0.211. The highest BCUT2D eigenvalue weighted by molar-refractivity contribution is 7.99. The van der Waals surface area contributed by atoms with Crippen LogP contribution in [0.5, 0.6) is 0 Å². The molecule has 1 amide bonds. The van der Waals surface area contributed by atoms with Crippen molar-refractivity contribution >= 4 is 28.6 Å². The molecule has 0 aliphatic rings. The second-order valence-corrected chi connectivity index (χ2v) is 7.99. The Labute approximate surface area is 181 Å². The molecule has 31 heavy (non-hydrogen) atoms. The molecule has 2 N–H and O–H groups in total. The number of fused-ring (bicyclic) bond motifs is 1. The number of hydrogen-bond acceptors (Lipinski definition) is 2. The molecule has 0 spiro atoms. The maximum atomic E-state index is 13.1. The normalized spacial score (nSPS) is 11.6. The first-order valence-corrected chi connectivity index (χ1v) is 10.7. The van der Waals surface area contributed by atoms with Crippen LogP contribution in [0.15, 0.2) is 83.8 Å². The Kier molecular flexibility index (Phi) is 6.04. The summed E-state index contributed by atoms with van der Waals surface area (Å²) in [7, 11) is 0. The fourth-order valence-corrected chi connectivity index (χ4v) is 4.47. The summed E-state index contributed by atoms with van der Waals surface area (Å²) < 4.78 is 39.4. The lowest BCUT2D eigenvalue weighted by Crippen LogP contribution is -2.28. The van der Waals surface area contributed by atoms with E-state index in [4.69, 9.17) is 0 Å². The van der Waals surface area contributed by atoms with Gasteiger partial charge < -0.3 is 10.3 Å². The van der Waals surface area contributed by atoms with Crippen LogP contribution in [0.25, 0.3) is 22.2 Å². The number of H-pyrrole nitrogens is 1. The third kappa shape index (κ3) is 4.61. The van der Waals surface area contributed by atoms with Gasteiger partial charge in [-0.2, -0.15) is 13.2 Å². The molecule has 0 fully saturated rings. The summed E-state index contributed by atoms with van der Waals surface area (Å²) in [6.45, 7) is 0.240. The molecule has 158 valence electrons. The Morgan fingerprint density at radius 2 is 1.58 bits per heavy atom. The lowest BCUT2D eigenvalue weighted by atomic mass is 10.1. The number of amides is 1. The van der Waals surface area contributed by atoms with Crippen LogP contribution in [-0.2, 0) is 6.18 Å². The molecule has 3 nitrogen and oxygen atoms in total. The number of carbonyl (C=O) groups excluding carboxylic acids is 1. The molecule has 0 aliphatic carbocycles. The first-order chi connectivity index (χ1) is 14.9. The number of carbonyl (C=O) groups is 1. The quantitative estimate of drug-likeness (QED) is 0.270. The van der Waals surface area contributed by atoms with Crippen molar-refractivity contribution in [3.05, 3.63) is 90.0 Å². The van der Waals surface area contributed by atoms with E-state index < -0.39 is 17.6 Å². The second kappa shape index (κ2) is 8.89. The van der Waals surface area contributed by atoms with Gasteiger partial charge in [0.25, 0.3) is 5.91 Å². The van der Waals surface area contributed by atoms with Crippen molar-refractivity contribution in [1.82, 2.24) is 10.3 Å². The molecular weight excluding hydrogens is 421 g/mol.